The van der Waals surface area contributed by atoms with Crippen LogP contribution in [0.3, 0.4) is 0 Å². The number of halogens is 1. The number of hydrogen-bond acceptors (Lipinski definition) is 3. The first-order valence-corrected chi connectivity index (χ1v) is 5.75. The second kappa shape index (κ2) is 5.32. The molecule has 4 heteroatoms. The smallest absolute Gasteiger partial charge is 0.294 e. The molecule has 0 spiro atoms. The van der Waals surface area contributed by atoms with Crippen LogP contribution in [0, 0.1) is 0 Å². The van der Waals surface area contributed by atoms with Gasteiger partial charge in [0.25, 0.3) is 6.47 Å². The van der Waals surface area contributed by atoms with E-state index in [0.29, 0.717) is 6.47 Å². The van der Waals surface area contributed by atoms with Gasteiger partial charge in [0.1, 0.15) is 0 Å². The number of carbonyl (C=O) groups excluding carboxylic acids is 1. The zero-order valence-corrected chi connectivity index (χ0v) is 9.69. The van der Waals surface area contributed by atoms with Crippen LogP contribution in [-0.4, -0.2) is 24.1 Å². The Kier molecular flexibility index (Phi) is 3.80. The minimum absolute atomic E-state index is 0.0619. The van der Waals surface area contributed by atoms with Gasteiger partial charge in [-0.3, -0.25) is 9.69 Å². The molecule has 1 saturated heterocycles. The van der Waals surface area contributed by atoms with Crippen molar-refractivity contribution in [2.75, 3.05) is 6.54 Å². The first kappa shape index (κ1) is 11.4. The zero-order chi connectivity index (χ0) is 11.4. The average molecular weight is 240 g/mol. The summed E-state index contributed by atoms with van der Waals surface area (Å²) in [5.41, 5.74) is 1.19. The maximum atomic E-state index is 10.3. The van der Waals surface area contributed by atoms with Crippen molar-refractivity contribution in [2.45, 2.75) is 25.6 Å². The number of likely N-dealkylation sites (tertiary alicyclic amines) is 1. The predicted octanol–water partition coefficient (Wildman–Crippen LogP) is 2.43. The molecule has 1 fully saturated rings. The Labute approximate surface area is 100.0 Å². The molecule has 1 unspecified atom stereocenters. The van der Waals surface area contributed by atoms with Gasteiger partial charge in [0.2, 0.25) is 0 Å². The van der Waals surface area contributed by atoms with Gasteiger partial charge in [-0.05, 0) is 30.5 Å². The highest BCUT2D eigenvalue weighted by Gasteiger charge is 2.25. The predicted molar refractivity (Wildman–Crippen MR) is 62.0 cm³/mol. The van der Waals surface area contributed by atoms with Crippen molar-refractivity contribution in [2.24, 2.45) is 0 Å². The van der Waals surface area contributed by atoms with E-state index in [1.165, 1.54) is 5.56 Å². The van der Waals surface area contributed by atoms with Crippen molar-refractivity contribution >= 4 is 18.1 Å². The topological polar surface area (TPSA) is 29.5 Å². The molecule has 3 nitrogen and oxygen atoms in total. The number of benzene rings is 1. The highest BCUT2D eigenvalue weighted by molar-refractivity contribution is 6.30. The van der Waals surface area contributed by atoms with Crippen LogP contribution >= 0.6 is 11.6 Å². The van der Waals surface area contributed by atoms with Crippen molar-refractivity contribution in [3.05, 3.63) is 34.9 Å². The van der Waals surface area contributed by atoms with Crippen LogP contribution in [0.15, 0.2) is 24.3 Å². The Morgan fingerprint density at radius 2 is 2.19 bits per heavy atom. The highest BCUT2D eigenvalue weighted by atomic mass is 35.5. The van der Waals surface area contributed by atoms with Crippen LogP contribution in [0.1, 0.15) is 18.4 Å². The van der Waals surface area contributed by atoms with Gasteiger partial charge in [-0.25, -0.2) is 0 Å². The third-order valence-electron chi connectivity index (χ3n) is 2.82. The number of carbonyl (C=O) groups is 1. The molecule has 0 N–H and O–H groups in total. The molecule has 16 heavy (non-hydrogen) atoms. The molecule has 1 aromatic rings. The number of rotatable bonds is 4. The molecule has 0 amide bonds. The van der Waals surface area contributed by atoms with Crippen LogP contribution < -0.4 is 0 Å². The van der Waals surface area contributed by atoms with E-state index in [4.69, 9.17) is 16.3 Å². The zero-order valence-electron chi connectivity index (χ0n) is 8.93. The Bertz CT molecular complexity index is 353. The van der Waals surface area contributed by atoms with Gasteiger partial charge in [0.15, 0.2) is 6.23 Å². The van der Waals surface area contributed by atoms with E-state index in [1.807, 2.05) is 24.3 Å². The van der Waals surface area contributed by atoms with Crippen molar-refractivity contribution in [3.63, 3.8) is 0 Å². The van der Waals surface area contributed by atoms with Crippen LogP contribution in [0.5, 0.6) is 0 Å². The second-order valence-corrected chi connectivity index (χ2v) is 4.36. The summed E-state index contributed by atoms with van der Waals surface area (Å²) in [5.74, 6) is 0. The van der Waals surface area contributed by atoms with E-state index in [9.17, 15) is 4.79 Å². The lowest BCUT2D eigenvalue weighted by Gasteiger charge is -2.22. The quantitative estimate of drug-likeness (QED) is 0.756. The van der Waals surface area contributed by atoms with Crippen LogP contribution in [0.2, 0.25) is 5.02 Å². The Balaban J connectivity index is 1.98. The summed E-state index contributed by atoms with van der Waals surface area (Å²) in [5, 5.41) is 0.742. The van der Waals surface area contributed by atoms with E-state index in [1.54, 1.807) is 0 Å². The molecule has 1 aliphatic rings. The van der Waals surface area contributed by atoms with Crippen molar-refractivity contribution in [3.8, 4) is 0 Å². The summed E-state index contributed by atoms with van der Waals surface area (Å²) < 4.78 is 5.03. The summed E-state index contributed by atoms with van der Waals surface area (Å²) in [6.07, 6.45) is 1.94. The largest absolute Gasteiger partial charge is 0.449 e. The van der Waals surface area contributed by atoms with E-state index in [-0.39, 0.29) is 6.23 Å². The molecule has 0 aromatic heterocycles. The standard InChI is InChI=1S/C12H14ClNO2/c13-11-5-3-10(4-6-11)8-14-7-1-2-12(14)16-9-15/h3-6,9,12H,1-2,7-8H2. The lowest BCUT2D eigenvalue weighted by atomic mass is 10.2. The second-order valence-electron chi connectivity index (χ2n) is 3.93. The first-order valence-electron chi connectivity index (χ1n) is 5.37. The molecular weight excluding hydrogens is 226 g/mol. The Hall–Kier alpha value is -1.06. The normalized spacial score (nSPS) is 20.9. The Morgan fingerprint density at radius 1 is 1.44 bits per heavy atom. The fourth-order valence-electron chi connectivity index (χ4n) is 2.02. The average Bonchev–Trinajstić information content (AvgIpc) is 2.70. The van der Waals surface area contributed by atoms with Gasteiger partial charge in [-0.1, -0.05) is 23.7 Å². The molecule has 0 radical (unpaired) electrons. The number of nitrogens with zero attached hydrogens (tertiary/aromatic N) is 1. The SMILES string of the molecule is O=COC1CCCN1Cc1ccc(Cl)cc1. The summed E-state index contributed by atoms with van der Waals surface area (Å²) in [7, 11) is 0. The lowest BCUT2D eigenvalue weighted by molar-refractivity contribution is -0.141. The van der Waals surface area contributed by atoms with Gasteiger partial charge < -0.3 is 4.74 Å². The van der Waals surface area contributed by atoms with Crippen molar-refractivity contribution in [1.82, 2.24) is 4.90 Å². The highest BCUT2D eigenvalue weighted by Crippen LogP contribution is 2.21. The summed E-state index contributed by atoms with van der Waals surface area (Å²) in [6.45, 7) is 2.31. The molecule has 1 aliphatic heterocycles. The van der Waals surface area contributed by atoms with Crippen molar-refractivity contribution < 1.29 is 9.53 Å². The van der Waals surface area contributed by atoms with Crippen molar-refractivity contribution in [1.29, 1.82) is 0 Å². The van der Waals surface area contributed by atoms with E-state index < -0.39 is 0 Å². The van der Waals surface area contributed by atoms with E-state index >= 15 is 0 Å². The van der Waals surface area contributed by atoms with Gasteiger partial charge in [-0.2, -0.15) is 0 Å². The third-order valence-corrected chi connectivity index (χ3v) is 3.07. The lowest BCUT2D eigenvalue weighted by Crippen LogP contribution is -2.30. The maximum absolute atomic E-state index is 10.3. The van der Waals surface area contributed by atoms with E-state index in [2.05, 4.69) is 4.90 Å². The van der Waals surface area contributed by atoms with Gasteiger partial charge in [0, 0.05) is 18.1 Å². The summed E-state index contributed by atoms with van der Waals surface area (Å²) in [4.78, 5) is 12.5. The minimum Gasteiger partial charge on any atom is -0.449 e. The molecule has 1 aromatic carbocycles. The fraction of sp³-hybridized carbons (Fsp3) is 0.417. The number of ether oxygens (including phenoxy) is 1. The van der Waals surface area contributed by atoms with Crippen LogP contribution in [0.25, 0.3) is 0 Å². The van der Waals surface area contributed by atoms with E-state index in [0.717, 1.165) is 31.0 Å². The molecule has 1 atom stereocenters. The monoisotopic (exact) mass is 239 g/mol. The molecule has 2 rings (SSSR count). The number of hydrogen-bond donors (Lipinski definition) is 0. The molecule has 86 valence electrons. The minimum atomic E-state index is -0.0619. The molecular formula is C12H14ClNO2. The van der Waals surface area contributed by atoms with Gasteiger partial charge in [0.05, 0.1) is 0 Å². The van der Waals surface area contributed by atoms with Crippen LogP contribution in [0.4, 0.5) is 0 Å². The summed E-state index contributed by atoms with van der Waals surface area (Å²) >= 11 is 5.82. The molecule has 0 aliphatic carbocycles. The van der Waals surface area contributed by atoms with Gasteiger partial charge in [-0.15, -0.1) is 0 Å². The molecule has 0 bridgehead atoms. The van der Waals surface area contributed by atoms with Gasteiger partial charge >= 0.3 is 0 Å². The first-order chi connectivity index (χ1) is 7.79. The van der Waals surface area contributed by atoms with Crippen LogP contribution in [-0.2, 0) is 16.1 Å². The third kappa shape index (κ3) is 2.74. The summed E-state index contributed by atoms with van der Waals surface area (Å²) in [6, 6.07) is 7.75. The Morgan fingerprint density at radius 3 is 2.88 bits per heavy atom. The fourth-order valence-corrected chi connectivity index (χ4v) is 2.14. The molecule has 0 saturated carbocycles. The maximum Gasteiger partial charge on any atom is 0.294 e. The molecule has 1 heterocycles.